The average Bonchev–Trinajstić information content (AvgIpc) is 3.39. The SMILES string of the molecule is [C-]#[N+]c1c(CC(=O)c2ccccc2)nc2ccc(-c3cn(C)nc3-c3ccc(F)cc3)nn12. The summed E-state index contributed by atoms with van der Waals surface area (Å²) in [6.45, 7) is 7.67. The highest BCUT2D eigenvalue weighted by Crippen LogP contribution is 2.31. The maximum absolute atomic E-state index is 13.4. The topological polar surface area (TPSA) is 69.4 Å². The molecule has 8 heteroatoms. The van der Waals surface area contributed by atoms with E-state index in [1.807, 2.05) is 12.3 Å². The zero-order valence-electron chi connectivity index (χ0n) is 17.6. The summed E-state index contributed by atoms with van der Waals surface area (Å²) >= 11 is 0. The molecule has 160 valence electrons. The maximum atomic E-state index is 13.4. The van der Waals surface area contributed by atoms with Gasteiger partial charge < -0.3 is 4.85 Å². The summed E-state index contributed by atoms with van der Waals surface area (Å²) in [5, 5.41) is 9.15. The number of rotatable bonds is 5. The van der Waals surface area contributed by atoms with Crippen molar-refractivity contribution in [2.75, 3.05) is 0 Å². The average molecular weight is 436 g/mol. The smallest absolute Gasteiger partial charge is 0.279 e. The molecule has 0 aliphatic heterocycles. The molecule has 0 aliphatic carbocycles. The number of ketones is 1. The number of aryl methyl sites for hydroxylation is 1. The first kappa shape index (κ1) is 20.3. The van der Waals surface area contributed by atoms with Gasteiger partial charge in [-0.25, -0.2) is 9.37 Å². The van der Waals surface area contributed by atoms with Gasteiger partial charge in [-0.2, -0.15) is 5.10 Å². The Labute approximate surface area is 188 Å². The van der Waals surface area contributed by atoms with Crippen LogP contribution in [0.5, 0.6) is 0 Å². The van der Waals surface area contributed by atoms with Crippen LogP contribution in [0, 0.1) is 12.4 Å². The van der Waals surface area contributed by atoms with E-state index in [0.717, 1.165) is 11.1 Å². The van der Waals surface area contributed by atoms with Crippen molar-refractivity contribution in [3.05, 3.63) is 101 Å². The predicted octanol–water partition coefficient (Wildman–Crippen LogP) is 4.91. The molecule has 0 unspecified atom stereocenters. The van der Waals surface area contributed by atoms with Crippen molar-refractivity contribution in [3.8, 4) is 22.5 Å². The minimum atomic E-state index is -0.325. The van der Waals surface area contributed by atoms with Crippen molar-refractivity contribution >= 4 is 17.2 Å². The highest BCUT2D eigenvalue weighted by molar-refractivity contribution is 5.98. The lowest BCUT2D eigenvalue weighted by molar-refractivity contribution is 0.0992. The number of benzene rings is 2. The Morgan fingerprint density at radius 1 is 1.03 bits per heavy atom. The number of carbonyl (C=O) groups excluding carboxylic acids is 1. The summed E-state index contributed by atoms with van der Waals surface area (Å²) in [5.74, 6) is -0.244. The van der Waals surface area contributed by atoms with Gasteiger partial charge in [-0.1, -0.05) is 42.0 Å². The highest BCUT2D eigenvalue weighted by Gasteiger charge is 2.21. The van der Waals surface area contributed by atoms with E-state index in [-0.39, 0.29) is 23.8 Å². The van der Waals surface area contributed by atoms with Crippen LogP contribution in [0.15, 0.2) is 72.9 Å². The number of nitrogens with zero attached hydrogens (tertiary/aromatic N) is 6. The summed E-state index contributed by atoms with van der Waals surface area (Å²) in [7, 11) is 1.80. The van der Waals surface area contributed by atoms with Crippen molar-refractivity contribution in [1.29, 1.82) is 0 Å². The monoisotopic (exact) mass is 436 g/mol. The number of Topliss-reactive ketones (excluding diaryl/α,β-unsaturated/α-hetero) is 1. The molecule has 5 aromatic rings. The standard InChI is InChI=1S/C25H17FN6O/c1-27-25-21(14-22(33)16-6-4-3-5-7-16)28-23-13-12-20(29-32(23)25)19-15-31(2)30-24(19)17-8-10-18(26)11-9-17/h3-13,15H,14H2,2H3. The van der Waals surface area contributed by atoms with Gasteiger partial charge in [0.1, 0.15) is 17.2 Å². The Bertz CT molecular complexity index is 1530. The lowest BCUT2D eigenvalue weighted by Crippen LogP contribution is -2.03. The van der Waals surface area contributed by atoms with Gasteiger partial charge in [0.15, 0.2) is 5.78 Å². The molecular weight excluding hydrogens is 419 g/mol. The molecule has 0 amide bonds. The van der Waals surface area contributed by atoms with Crippen molar-refractivity contribution in [3.63, 3.8) is 0 Å². The lowest BCUT2D eigenvalue weighted by atomic mass is 10.1. The largest absolute Gasteiger partial charge is 0.360 e. The van der Waals surface area contributed by atoms with Gasteiger partial charge in [-0.3, -0.25) is 9.48 Å². The van der Waals surface area contributed by atoms with Crippen molar-refractivity contribution < 1.29 is 9.18 Å². The third kappa shape index (κ3) is 3.77. The van der Waals surface area contributed by atoms with Crippen LogP contribution >= 0.6 is 0 Å². The fraction of sp³-hybridized carbons (Fsp3) is 0.0800. The molecule has 7 nitrogen and oxygen atoms in total. The molecule has 0 aliphatic rings. The summed E-state index contributed by atoms with van der Waals surface area (Å²) in [4.78, 5) is 20.8. The molecule has 3 heterocycles. The minimum Gasteiger partial charge on any atom is -0.360 e. The maximum Gasteiger partial charge on any atom is 0.279 e. The Morgan fingerprint density at radius 3 is 2.52 bits per heavy atom. The van der Waals surface area contributed by atoms with Crippen LogP contribution in [-0.2, 0) is 13.5 Å². The zero-order chi connectivity index (χ0) is 22.9. The van der Waals surface area contributed by atoms with Gasteiger partial charge in [0.05, 0.1) is 11.3 Å². The van der Waals surface area contributed by atoms with E-state index in [0.29, 0.717) is 28.3 Å². The Kier molecular flexibility index (Phi) is 4.99. The number of carbonyl (C=O) groups is 1. The van der Waals surface area contributed by atoms with E-state index in [1.165, 1.54) is 16.6 Å². The fourth-order valence-corrected chi connectivity index (χ4v) is 3.72. The number of fused-ring (bicyclic) bond motifs is 1. The van der Waals surface area contributed by atoms with Crippen LogP contribution in [-0.4, -0.2) is 30.2 Å². The van der Waals surface area contributed by atoms with E-state index in [4.69, 9.17) is 6.57 Å². The van der Waals surface area contributed by atoms with E-state index in [9.17, 15) is 9.18 Å². The van der Waals surface area contributed by atoms with Crippen LogP contribution in [0.2, 0.25) is 0 Å². The normalized spacial score (nSPS) is 10.9. The molecule has 0 bridgehead atoms. The van der Waals surface area contributed by atoms with Crippen LogP contribution in [0.3, 0.4) is 0 Å². The number of aromatic nitrogens is 5. The van der Waals surface area contributed by atoms with Crippen LogP contribution < -0.4 is 0 Å². The molecule has 0 radical (unpaired) electrons. The van der Waals surface area contributed by atoms with Gasteiger partial charge in [0.25, 0.3) is 5.82 Å². The number of halogens is 1. The first-order valence-corrected chi connectivity index (χ1v) is 10.2. The zero-order valence-corrected chi connectivity index (χ0v) is 17.6. The molecule has 33 heavy (non-hydrogen) atoms. The molecule has 5 rings (SSSR count). The Morgan fingerprint density at radius 2 is 1.79 bits per heavy atom. The third-order valence-electron chi connectivity index (χ3n) is 5.28. The summed E-state index contributed by atoms with van der Waals surface area (Å²) < 4.78 is 16.5. The molecular formula is C25H17FN6O. The molecule has 0 N–H and O–H groups in total. The predicted molar refractivity (Wildman–Crippen MR) is 121 cm³/mol. The molecule has 0 atom stereocenters. The van der Waals surface area contributed by atoms with Crippen molar-refractivity contribution in [2.24, 2.45) is 7.05 Å². The van der Waals surface area contributed by atoms with E-state index < -0.39 is 0 Å². The van der Waals surface area contributed by atoms with Gasteiger partial charge in [-0.15, -0.1) is 4.52 Å². The fourth-order valence-electron chi connectivity index (χ4n) is 3.72. The number of hydrogen-bond donors (Lipinski definition) is 0. The Balaban J connectivity index is 1.57. The molecule has 0 saturated heterocycles. The van der Waals surface area contributed by atoms with Gasteiger partial charge in [0.2, 0.25) is 5.65 Å². The Hall–Kier alpha value is -4.64. The molecule has 0 saturated carbocycles. The summed E-state index contributed by atoms with van der Waals surface area (Å²) in [5.41, 5.74) is 4.14. The van der Waals surface area contributed by atoms with Gasteiger partial charge in [0, 0.05) is 36.9 Å². The van der Waals surface area contributed by atoms with Crippen molar-refractivity contribution in [1.82, 2.24) is 24.4 Å². The van der Waals surface area contributed by atoms with Crippen molar-refractivity contribution in [2.45, 2.75) is 6.42 Å². The molecule has 0 spiro atoms. The first-order chi connectivity index (χ1) is 16.0. The van der Waals surface area contributed by atoms with Crippen LogP contribution in [0.4, 0.5) is 10.2 Å². The number of imidazole rings is 1. The second kappa shape index (κ2) is 8.13. The minimum absolute atomic E-state index is 0.00808. The molecule has 2 aromatic carbocycles. The first-order valence-electron chi connectivity index (χ1n) is 10.2. The lowest BCUT2D eigenvalue weighted by Gasteiger charge is -2.02. The summed E-state index contributed by atoms with van der Waals surface area (Å²) in [6, 6.07) is 18.6. The molecule has 3 aromatic heterocycles. The van der Waals surface area contributed by atoms with E-state index in [1.54, 1.807) is 60.3 Å². The van der Waals surface area contributed by atoms with E-state index >= 15 is 0 Å². The van der Waals surface area contributed by atoms with Crippen LogP contribution in [0.1, 0.15) is 16.1 Å². The van der Waals surface area contributed by atoms with Crippen LogP contribution in [0.25, 0.3) is 33.0 Å². The second-order valence-corrected chi connectivity index (χ2v) is 7.52. The molecule has 0 fully saturated rings. The van der Waals surface area contributed by atoms with Gasteiger partial charge in [-0.05, 0) is 30.3 Å². The van der Waals surface area contributed by atoms with E-state index in [2.05, 4.69) is 20.0 Å². The van der Waals surface area contributed by atoms with Gasteiger partial charge >= 0.3 is 0 Å². The summed E-state index contributed by atoms with van der Waals surface area (Å²) in [6.07, 6.45) is 1.83. The number of hydrogen-bond acceptors (Lipinski definition) is 4. The highest BCUT2D eigenvalue weighted by atomic mass is 19.1. The second-order valence-electron chi connectivity index (χ2n) is 7.52. The third-order valence-corrected chi connectivity index (χ3v) is 5.28. The quantitative estimate of drug-likeness (QED) is 0.290.